The number of hydrazone groups is 1. The van der Waals surface area contributed by atoms with Crippen LogP contribution in [0.4, 0.5) is 0 Å². The second-order valence-electron chi connectivity index (χ2n) is 6.73. The molecule has 0 aliphatic rings. The Hall–Kier alpha value is -2.61. The zero-order valence-electron chi connectivity index (χ0n) is 16.3. The molecular formula is C23H18BrClN4OS. The van der Waals surface area contributed by atoms with Crippen LogP contribution in [-0.4, -0.2) is 27.4 Å². The first-order chi connectivity index (χ1) is 15.1. The van der Waals surface area contributed by atoms with Crippen LogP contribution in [0.15, 0.2) is 87.5 Å². The number of carbonyl (C=O) groups excluding carboxylic acids is 1. The summed E-state index contributed by atoms with van der Waals surface area (Å²) in [7, 11) is 0. The maximum absolute atomic E-state index is 12.3. The van der Waals surface area contributed by atoms with E-state index in [4.69, 9.17) is 16.6 Å². The second kappa shape index (κ2) is 10.1. The number of nitrogens with zero attached hydrogens (tertiary/aromatic N) is 3. The lowest BCUT2D eigenvalue weighted by atomic mass is 10.2. The number of benzene rings is 3. The minimum atomic E-state index is -0.193. The first kappa shape index (κ1) is 21.6. The summed E-state index contributed by atoms with van der Waals surface area (Å²) in [6.07, 6.45) is 1.61. The Bertz CT molecular complexity index is 1240. The zero-order chi connectivity index (χ0) is 21.6. The molecule has 0 spiro atoms. The minimum Gasteiger partial charge on any atom is -0.314 e. The van der Waals surface area contributed by atoms with E-state index in [1.165, 1.54) is 11.8 Å². The Morgan fingerprint density at radius 2 is 1.94 bits per heavy atom. The smallest absolute Gasteiger partial charge is 0.250 e. The third-order valence-corrected chi connectivity index (χ3v) is 6.18. The van der Waals surface area contributed by atoms with Crippen LogP contribution in [0.3, 0.4) is 0 Å². The van der Waals surface area contributed by atoms with Gasteiger partial charge >= 0.3 is 0 Å². The summed E-state index contributed by atoms with van der Waals surface area (Å²) in [4.78, 5) is 17.0. The normalized spacial score (nSPS) is 11.3. The molecule has 1 amide bonds. The predicted octanol–water partition coefficient (Wildman–Crippen LogP) is 5.74. The van der Waals surface area contributed by atoms with Crippen molar-refractivity contribution in [3.8, 4) is 0 Å². The predicted molar refractivity (Wildman–Crippen MR) is 131 cm³/mol. The molecule has 8 heteroatoms. The molecule has 0 bridgehead atoms. The van der Waals surface area contributed by atoms with E-state index in [9.17, 15) is 4.79 Å². The summed E-state index contributed by atoms with van der Waals surface area (Å²) in [6.45, 7) is 0.642. The molecule has 0 aliphatic carbocycles. The molecule has 3 aromatic carbocycles. The average Bonchev–Trinajstić information content (AvgIpc) is 3.11. The molecule has 0 radical (unpaired) electrons. The highest BCUT2D eigenvalue weighted by atomic mass is 79.9. The number of carbonyl (C=O) groups is 1. The summed E-state index contributed by atoms with van der Waals surface area (Å²) in [5.74, 6) is 0.0149. The van der Waals surface area contributed by atoms with Gasteiger partial charge in [-0.25, -0.2) is 10.4 Å². The van der Waals surface area contributed by atoms with Crippen molar-refractivity contribution in [3.05, 3.63) is 93.4 Å². The quantitative estimate of drug-likeness (QED) is 0.195. The third-order valence-electron chi connectivity index (χ3n) is 4.46. The van der Waals surface area contributed by atoms with Crippen molar-refractivity contribution in [2.45, 2.75) is 11.7 Å². The van der Waals surface area contributed by atoms with Crippen LogP contribution in [0.1, 0.15) is 11.1 Å². The molecule has 1 heterocycles. The van der Waals surface area contributed by atoms with Gasteiger partial charge in [-0.3, -0.25) is 4.79 Å². The SMILES string of the molecule is O=C(CSc1nc2ccccc2n1Cc1ccc(Cl)cc1)N/N=C\c1cccc(Br)c1. The number of aromatic nitrogens is 2. The van der Waals surface area contributed by atoms with Gasteiger partial charge in [0.05, 0.1) is 29.5 Å². The Kier molecular flexibility index (Phi) is 7.06. The van der Waals surface area contributed by atoms with Crippen molar-refractivity contribution in [1.29, 1.82) is 0 Å². The third kappa shape index (κ3) is 5.76. The molecule has 0 atom stereocenters. The van der Waals surface area contributed by atoms with Crippen LogP contribution in [0.2, 0.25) is 5.02 Å². The van der Waals surface area contributed by atoms with Gasteiger partial charge in [-0.05, 0) is 47.5 Å². The van der Waals surface area contributed by atoms with Gasteiger partial charge in [0.2, 0.25) is 0 Å². The molecule has 0 saturated heterocycles. The van der Waals surface area contributed by atoms with Crippen molar-refractivity contribution >= 4 is 62.4 Å². The number of fused-ring (bicyclic) bond motifs is 1. The first-order valence-electron chi connectivity index (χ1n) is 9.48. The molecule has 4 rings (SSSR count). The lowest BCUT2D eigenvalue weighted by Crippen LogP contribution is -2.20. The van der Waals surface area contributed by atoms with E-state index < -0.39 is 0 Å². The lowest BCUT2D eigenvalue weighted by molar-refractivity contribution is -0.118. The van der Waals surface area contributed by atoms with E-state index in [-0.39, 0.29) is 11.7 Å². The summed E-state index contributed by atoms with van der Waals surface area (Å²) >= 11 is 10.8. The Morgan fingerprint density at radius 3 is 2.74 bits per heavy atom. The van der Waals surface area contributed by atoms with Crippen molar-refractivity contribution < 1.29 is 4.79 Å². The molecule has 5 nitrogen and oxygen atoms in total. The molecule has 0 aliphatic heterocycles. The van der Waals surface area contributed by atoms with E-state index in [1.807, 2.05) is 72.8 Å². The van der Waals surface area contributed by atoms with E-state index in [2.05, 4.69) is 31.0 Å². The summed E-state index contributed by atoms with van der Waals surface area (Å²) in [5, 5.41) is 5.52. The fourth-order valence-electron chi connectivity index (χ4n) is 3.02. The molecule has 1 aromatic heterocycles. The van der Waals surface area contributed by atoms with Gasteiger partial charge in [0.25, 0.3) is 5.91 Å². The van der Waals surface area contributed by atoms with Gasteiger partial charge in [0, 0.05) is 9.50 Å². The van der Waals surface area contributed by atoms with E-state index >= 15 is 0 Å². The standard InChI is InChI=1S/C23H18BrClN4OS/c24-18-5-3-4-17(12-18)13-26-28-22(30)15-31-23-27-20-6-1-2-7-21(20)29(23)14-16-8-10-19(25)11-9-16/h1-13H,14-15H2,(H,28,30)/b26-13-. The highest BCUT2D eigenvalue weighted by Gasteiger charge is 2.13. The first-order valence-corrected chi connectivity index (χ1v) is 11.6. The number of halogens is 2. The number of nitrogens with one attached hydrogen (secondary N) is 1. The van der Waals surface area contributed by atoms with Gasteiger partial charge in [-0.15, -0.1) is 0 Å². The number of thioether (sulfide) groups is 1. The van der Waals surface area contributed by atoms with Crippen LogP contribution >= 0.6 is 39.3 Å². The zero-order valence-corrected chi connectivity index (χ0v) is 19.5. The average molecular weight is 514 g/mol. The molecule has 1 N–H and O–H groups in total. The van der Waals surface area contributed by atoms with E-state index in [0.717, 1.165) is 31.8 Å². The van der Waals surface area contributed by atoms with Crippen LogP contribution in [0, 0.1) is 0 Å². The van der Waals surface area contributed by atoms with Gasteiger partial charge < -0.3 is 4.57 Å². The van der Waals surface area contributed by atoms with Crippen LogP contribution in [0.25, 0.3) is 11.0 Å². The molecule has 31 heavy (non-hydrogen) atoms. The topological polar surface area (TPSA) is 59.3 Å². The summed E-state index contributed by atoms with van der Waals surface area (Å²) < 4.78 is 3.07. The number of imidazole rings is 1. The van der Waals surface area contributed by atoms with Crippen molar-refractivity contribution in [1.82, 2.24) is 15.0 Å². The number of rotatable bonds is 7. The molecule has 0 unspecified atom stereocenters. The number of hydrogen-bond acceptors (Lipinski definition) is 4. The lowest BCUT2D eigenvalue weighted by Gasteiger charge is -2.09. The second-order valence-corrected chi connectivity index (χ2v) is 9.03. The van der Waals surface area contributed by atoms with E-state index in [1.54, 1.807) is 6.21 Å². The molecule has 156 valence electrons. The Labute approximate surface area is 197 Å². The van der Waals surface area contributed by atoms with E-state index in [0.29, 0.717) is 11.6 Å². The molecular weight excluding hydrogens is 496 g/mol. The maximum atomic E-state index is 12.3. The Morgan fingerprint density at radius 1 is 1.13 bits per heavy atom. The fraction of sp³-hybridized carbons (Fsp3) is 0.0870. The Balaban J connectivity index is 1.45. The maximum Gasteiger partial charge on any atom is 0.250 e. The molecule has 4 aromatic rings. The van der Waals surface area contributed by atoms with Gasteiger partial charge in [-0.1, -0.05) is 75.7 Å². The summed E-state index contributed by atoms with van der Waals surface area (Å²) in [6, 6.07) is 23.4. The number of amides is 1. The molecule has 0 fully saturated rings. The fourth-order valence-corrected chi connectivity index (χ4v) is 4.37. The van der Waals surface area contributed by atoms with Crippen LogP contribution in [-0.2, 0) is 11.3 Å². The highest BCUT2D eigenvalue weighted by Crippen LogP contribution is 2.25. The van der Waals surface area contributed by atoms with Gasteiger partial charge in [0.15, 0.2) is 5.16 Å². The van der Waals surface area contributed by atoms with Crippen LogP contribution < -0.4 is 5.43 Å². The summed E-state index contributed by atoms with van der Waals surface area (Å²) in [5.41, 5.74) is 6.49. The molecule has 0 saturated carbocycles. The van der Waals surface area contributed by atoms with Crippen molar-refractivity contribution in [2.75, 3.05) is 5.75 Å². The highest BCUT2D eigenvalue weighted by molar-refractivity contribution is 9.10. The van der Waals surface area contributed by atoms with Crippen molar-refractivity contribution in [2.24, 2.45) is 5.10 Å². The van der Waals surface area contributed by atoms with Crippen molar-refractivity contribution in [3.63, 3.8) is 0 Å². The monoisotopic (exact) mass is 512 g/mol. The number of hydrogen-bond donors (Lipinski definition) is 1. The minimum absolute atomic E-state index is 0.193. The largest absolute Gasteiger partial charge is 0.314 e. The number of para-hydroxylation sites is 2. The van der Waals surface area contributed by atoms with Gasteiger partial charge in [0.1, 0.15) is 0 Å². The van der Waals surface area contributed by atoms with Gasteiger partial charge in [-0.2, -0.15) is 5.10 Å². The van der Waals surface area contributed by atoms with Crippen LogP contribution in [0.5, 0.6) is 0 Å².